The predicted molar refractivity (Wildman–Crippen MR) is 61.0 cm³/mol. The highest BCUT2D eigenvalue weighted by atomic mass is 16.1. The lowest BCUT2D eigenvalue weighted by Crippen LogP contribution is -2.39. The van der Waals surface area contributed by atoms with Crippen molar-refractivity contribution in [3.63, 3.8) is 0 Å². The van der Waals surface area contributed by atoms with Crippen LogP contribution in [0.5, 0.6) is 0 Å². The van der Waals surface area contributed by atoms with E-state index in [1.807, 2.05) is 25.1 Å². The van der Waals surface area contributed by atoms with Crippen LogP contribution in [0.3, 0.4) is 0 Å². The zero-order valence-corrected chi connectivity index (χ0v) is 9.34. The van der Waals surface area contributed by atoms with Crippen molar-refractivity contribution in [3.8, 4) is 0 Å². The van der Waals surface area contributed by atoms with E-state index in [9.17, 15) is 4.79 Å². The summed E-state index contributed by atoms with van der Waals surface area (Å²) in [6, 6.07) is 6.28. The van der Waals surface area contributed by atoms with Crippen LogP contribution in [0.2, 0.25) is 0 Å². The van der Waals surface area contributed by atoms with Crippen molar-refractivity contribution in [1.82, 2.24) is 5.32 Å². The Bertz CT molecular complexity index is 380. The third-order valence-electron chi connectivity index (χ3n) is 3.21. The third-order valence-corrected chi connectivity index (χ3v) is 3.21. The van der Waals surface area contributed by atoms with Crippen LogP contribution in [-0.2, 0) is 0 Å². The first-order valence-corrected chi connectivity index (χ1v) is 5.55. The Morgan fingerprint density at radius 1 is 1.27 bits per heavy atom. The van der Waals surface area contributed by atoms with E-state index in [4.69, 9.17) is 0 Å². The van der Waals surface area contributed by atoms with E-state index in [2.05, 4.69) is 12.2 Å². The Kier molecular flexibility index (Phi) is 2.76. The van der Waals surface area contributed by atoms with Crippen LogP contribution in [0.15, 0.2) is 18.2 Å². The first-order valence-electron chi connectivity index (χ1n) is 5.55. The fraction of sp³-hybridized carbons (Fsp3) is 0.462. The molecule has 15 heavy (non-hydrogen) atoms. The fourth-order valence-corrected chi connectivity index (χ4v) is 1.70. The molecule has 2 nitrogen and oxygen atoms in total. The normalized spacial score (nSPS) is 15.9. The SMILES string of the molecule is Cc1ccc(C(=O)NC2CCC2)cc1C. The van der Waals surface area contributed by atoms with E-state index in [0.717, 1.165) is 18.4 Å². The van der Waals surface area contributed by atoms with Gasteiger partial charge in [0.05, 0.1) is 0 Å². The minimum atomic E-state index is 0.0720. The van der Waals surface area contributed by atoms with Crippen molar-refractivity contribution in [1.29, 1.82) is 0 Å². The molecule has 1 amide bonds. The number of carbonyl (C=O) groups is 1. The predicted octanol–water partition coefficient (Wildman–Crippen LogP) is 2.59. The smallest absolute Gasteiger partial charge is 0.251 e. The summed E-state index contributed by atoms with van der Waals surface area (Å²) in [4.78, 5) is 11.8. The van der Waals surface area contributed by atoms with Gasteiger partial charge in [-0.05, 0) is 56.4 Å². The van der Waals surface area contributed by atoms with Gasteiger partial charge in [0, 0.05) is 11.6 Å². The maximum absolute atomic E-state index is 11.8. The second kappa shape index (κ2) is 4.05. The Labute approximate surface area is 90.7 Å². The van der Waals surface area contributed by atoms with E-state index in [1.54, 1.807) is 0 Å². The van der Waals surface area contributed by atoms with E-state index in [-0.39, 0.29) is 5.91 Å². The van der Waals surface area contributed by atoms with E-state index in [1.165, 1.54) is 17.5 Å². The van der Waals surface area contributed by atoms with Crippen LogP contribution in [0, 0.1) is 13.8 Å². The molecule has 0 heterocycles. The first-order chi connectivity index (χ1) is 7.16. The van der Waals surface area contributed by atoms with Gasteiger partial charge in [0.2, 0.25) is 0 Å². The minimum absolute atomic E-state index is 0.0720. The van der Waals surface area contributed by atoms with Crippen LogP contribution in [0.25, 0.3) is 0 Å². The highest BCUT2D eigenvalue weighted by Gasteiger charge is 2.19. The van der Waals surface area contributed by atoms with Gasteiger partial charge >= 0.3 is 0 Å². The number of rotatable bonds is 2. The molecule has 0 unspecified atom stereocenters. The lowest BCUT2D eigenvalue weighted by Gasteiger charge is -2.26. The number of benzene rings is 1. The van der Waals surface area contributed by atoms with Gasteiger partial charge in [0.25, 0.3) is 5.91 Å². The minimum Gasteiger partial charge on any atom is -0.349 e. The monoisotopic (exact) mass is 203 g/mol. The summed E-state index contributed by atoms with van der Waals surface area (Å²) in [5.41, 5.74) is 3.19. The first kappa shape index (κ1) is 10.2. The summed E-state index contributed by atoms with van der Waals surface area (Å²) >= 11 is 0. The zero-order valence-electron chi connectivity index (χ0n) is 9.34. The van der Waals surface area contributed by atoms with Crippen molar-refractivity contribution in [3.05, 3.63) is 34.9 Å². The molecule has 0 atom stereocenters. The molecule has 1 aromatic carbocycles. The number of hydrogen-bond donors (Lipinski definition) is 1. The molecule has 0 saturated heterocycles. The van der Waals surface area contributed by atoms with Gasteiger partial charge in [-0.3, -0.25) is 4.79 Å². The Morgan fingerprint density at radius 2 is 2.00 bits per heavy atom. The summed E-state index contributed by atoms with van der Waals surface area (Å²) < 4.78 is 0. The number of carbonyl (C=O) groups excluding carboxylic acids is 1. The van der Waals surface area contributed by atoms with Gasteiger partial charge in [-0.1, -0.05) is 6.07 Å². The molecule has 0 bridgehead atoms. The molecule has 0 spiro atoms. The van der Waals surface area contributed by atoms with Gasteiger partial charge in [-0.2, -0.15) is 0 Å². The average molecular weight is 203 g/mol. The topological polar surface area (TPSA) is 29.1 Å². The molecule has 1 saturated carbocycles. The van der Waals surface area contributed by atoms with Crippen molar-refractivity contribution in [2.24, 2.45) is 0 Å². The maximum Gasteiger partial charge on any atom is 0.251 e. The third kappa shape index (κ3) is 2.20. The van der Waals surface area contributed by atoms with Gasteiger partial charge in [0.15, 0.2) is 0 Å². The maximum atomic E-state index is 11.8. The summed E-state index contributed by atoms with van der Waals surface area (Å²) in [5.74, 6) is 0.0720. The molecule has 2 heteroatoms. The Hall–Kier alpha value is -1.31. The number of aryl methyl sites for hydroxylation is 2. The largest absolute Gasteiger partial charge is 0.349 e. The van der Waals surface area contributed by atoms with Gasteiger partial charge in [-0.25, -0.2) is 0 Å². The summed E-state index contributed by atoms with van der Waals surface area (Å²) in [6.45, 7) is 4.10. The average Bonchev–Trinajstić information content (AvgIpc) is 2.15. The molecule has 0 aliphatic heterocycles. The van der Waals surface area contributed by atoms with Crippen molar-refractivity contribution in [2.75, 3.05) is 0 Å². The van der Waals surface area contributed by atoms with Gasteiger partial charge in [0.1, 0.15) is 0 Å². The molecule has 1 aromatic rings. The van der Waals surface area contributed by atoms with Crippen LogP contribution >= 0.6 is 0 Å². The summed E-state index contributed by atoms with van der Waals surface area (Å²) in [5, 5.41) is 3.04. The summed E-state index contributed by atoms with van der Waals surface area (Å²) in [7, 11) is 0. The fourth-order valence-electron chi connectivity index (χ4n) is 1.70. The second-order valence-corrected chi connectivity index (χ2v) is 4.40. The Morgan fingerprint density at radius 3 is 2.53 bits per heavy atom. The quantitative estimate of drug-likeness (QED) is 0.786. The zero-order chi connectivity index (χ0) is 10.8. The van der Waals surface area contributed by atoms with Crippen molar-refractivity contribution in [2.45, 2.75) is 39.2 Å². The Balaban J connectivity index is 2.07. The lowest BCUT2D eigenvalue weighted by molar-refractivity contribution is 0.0917. The van der Waals surface area contributed by atoms with E-state index in [0.29, 0.717) is 6.04 Å². The number of amides is 1. The van der Waals surface area contributed by atoms with Crippen molar-refractivity contribution >= 4 is 5.91 Å². The summed E-state index contributed by atoms with van der Waals surface area (Å²) in [6.07, 6.45) is 3.52. The molecule has 0 aromatic heterocycles. The van der Waals surface area contributed by atoms with Gasteiger partial charge < -0.3 is 5.32 Å². The molecule has 1 aliphatic carbocycles. The molecule has 1 N–H and O–H groups in total. The highest BCUT2D eigenvalue weighted by molar-refractivity contribution is 5.94. The van der Waals surface area contributed by atoms with Gasteiger partial charge in [-0.15, -0.1) is 0 Å². The lowest BCUT2D eigenvalue weighted by atomic mass is 9.93. The number of nitrogens with one attached hydrogen (secondary N) is 1. The van der Waals surface area contributed by atoms with Crippen LogP contribution in [-0.4, -0.2) is 11.9 Å². The molecule has 1 fully saturated rings. The van der Waals surface area contributed by atoms with Crippen LogP contribution in [0.1, 0.15) is 40.7 Å². The van der Waals surface area contributed by atoms with Crippen LogP contribution in [0.4, 0.5) is 0 Å². The highest BCUT2D eigenvalue weighted by Crippen LogP contribution is 2.19. The number of hydrogen-bond acceptors (Lipinski definition) is 1. The molecule has 1 aliphatic rings. The molecule has 0 radical (unpaired) electrons. The van der Waals surface area contributed by atoms with E-state index < -0.39 is 0 Å². The van der Waals surface area contributed by atoms with E-state index >= 15 is 0 Å². The van der Waals surface area contributed by atoms with Crippen molar-refractivity contribution < 1.29 is 4.79 Å². The molecule has 80 valence electrons. The standard InChI is InChI=1S/C13H17NO/c1-9-6-7-11(8-10(9)2)13(15)14-12-4-3-5-12/h6-8,12H,3-5H2,1-2H3,(H,14,15). The second-order valence-electron chi connectivity index (χ2n) is 4.40. The van der Waals surface area contributed by atoms with Crippen LogP contribution < -0.4 is 5.32 Å². The molecular weight excluding hydrogens is 186 g/mol. The molecule has 2 rings (SSSR count). The molecular formula is C13H17NO.